The normalized spacial score (nSPS) is 22.2. The van der Waals surface area contributed by atoms with E-state index in [0.717, 1.165) is 18.7 Å². The van der Waals surface area contributed by atoms with Crippen LogP contribution in [0.15, 0.2) is 30.3 Å². The molecule has 1 amide bonds. The molecule has 1 aromatic carbocycles. The van der Waals surface area contributed by atoms with E-state index in [0.29, 0.717) is 12.6 Å². The summed E-state index contributed by atoms with van der Waals surface area (Å²) >= 11 is 0. The summed E-state index contributed by atoms with van der Waals surface area (Å²) in [5, 5.41) is 3.36. The largest absolute Gasteiger partial charge is 0.367 e. The van der Waals surface area contributed by atoms with Crippen LogP contribution in [0.3, 0.4) is 0 Å². The molecule has 1 N–H and O–H groups in total. The predicted octanol–water partition coefficient (Wildman–Crippen LogP) is 1.83. The highest BCUT2D eigenvalue weighted by Crippen LogP contribution is 2.09. The maximum Gasteiger partial charge on any atom is 0.248 e. The Morgan fingerprint density at radius 2 is 2.05 bits per heavy atom. The van der Waals surface area contributed by atoms with Gasteiger partial charge in [-0.15, -0.1) is 12.4 Å². The molecule has 0 aliphatic carbocycles. The minimum atomic E-state index is 0. The van der Waals surface area contributed by atoms with Gasteiger partial charge in [0.05, 0.1) is 6.61 Å². The third-order valence-electron chi connectivity index (χ3n) is 3.69. The quantitative estimate of drug-likeness (QED) is 0.922. The third-order valence-corrected chi connectivity index (χ3v) is 3.69. The molecule has 0 spiro atoms. The molecule has 4 nitrogen and oxygen atoms in total. The van der Waals surface area contributed by atoms with E-state index >= 15 is 0 Å². The lowest BCUT2D eigenvalue weighted by Crippen LogP contribution is -2.57. The lowest BCUT2D eigenvalue weighted by Gasteiger charge is -2.38. The SMILES string of the molecule is CC1NCCN(C(=O)COCc2ccccc2)C1C.Cl. The molecular formula is C15H23ClN2O2. The number of amides is 1. The van der Waals surface area contributed by atoms with Crippen LogP contribution < -0.4 is 5.32 Å². The van der Waals surface area contributed by atoms with Gasteiger partial charge in [-0.25, -0.2) is 0 Å². The van der Waals surface area contributed by atoms with Crippen LogP contribution in [0.4, 0.5) is 0 Å². The standard InChI is InChI=1S/C15H22N2O2.ClH/c1-12-13(2)17(9-8-16-12)15(18)11-19-10-14-6-4-3-5-7-14;/h3-7,12-13,16H,8-11H2,1-2H3;1H. The van der Waals surface area contributed by atoms with E-state index in [-0.39, 0.29) is 31.0 Å². The van der Waals surface area contributed by atoms with Crippen molar-refractivity contribution in [3.63, 3.8) is 0 Å². The van der Waals surface area contributed by atoms with Crippen LogP contribution in [0, 0.1) is 0 Å². The third kappa shape index (κ3) is 4.47. The smallest absolute Gasteiger partial charge is 0.248 e. The van der Waals surface area contributed by atoms with Crippen LogP contribution in [0.25, 0.3) is 0 Å². The molecule has 0 bridgehead atoms. The highest BCUT2D eigenvalue weighted by molar-refractivity contribution is 5.85. The summed E-state index contributed by atoms with van der Waals surface area (Å²) in [7, 11) is 0. The Labute approximate surface area is 126 Å². The number of halogens is 1. The van der Waals surface area contributed by atoms with Crippen molar-refractivity contribution in [2.24, 2.45) is 0 Å². The number of nitrogens with zero attached hydrogens (tertiary/aromatic N) is 1. The van der Waals surface area contributed by atoms with Crippen molar-refractivity contribution in [3.8, 4) is 0 Å². The van der Waals surface area contributed by atoms with E-state index in [9.17, 15) is 4.79 Å². The lowest BCUT2D eigenvalue weighted by atomic mass is 10.1. The topological polar surface area (TPSA) is 41.6 Å². The first kappa shape index (κ1) is 17.0. The van der Waals surface area contributed by atoms with Crippen molar-refractivity contribution in [2.45, 2.75) is 32.5 Å². The Kier molecular flexibility index (Phi) is 6.99. The van der Waals surface area contributed by atoms with Crippen LogP contribution in [0.5, 0.6) is 0 Å². The molecule has 2 rings (SSSR count). The van der Waals surface area contributed by atoms with Crippen LogP contribution in [-0.2, 0) is 16.1 Å². The fourth-order valence-electron chi connectivity index (χ4n) is 2.32. The fraction of sp³-hybridized carbons (Fsp3) is 0.533. The molecule has 1 aromatic rings. The molecule has 0 radical (unpaired) electrons. The number of nitrogens with one attached hydrogen (secondary N) is 1. The van der Waals surface area contributed by atoms with Crippen molar-refractivity contribution in [1.29, 1.82) is 0 Å². The van der Waals surface area contributed by atoms with Gasteiger partial charge >= 0.3 is 0 Å². The molecule has 2 unspecified atom stereocenters. The summed E-state index contributed by atoms with van der Waals surface area (Å²) in [6.45, 7) is 6.45. The molecule has 112 valence electrons. The van der Waals surface area contributed by atoms with E-state index in [1.54, 1.807) is 0 Å². The summed E-state index contributed by atoms with van der Waals surface area (Å²) in [5.74, 6) is 0.0804. The van der Waals surface area contributed by atoms with Gasteiger partial charge in [0.15, 0.2) is 0 Å². The molecule has 1 heterocycles. The van der Waals surface area contributed by atoms with Crippen LogP contribution in [-0.4, -0.2) is 42.6 Å². The Balaban J connectivity index is 0.00000200. The van der Waals surface area contributed by atoms with E-state index < -0.39 is 0 Å². The van der Waals surface area contributed by atoms with Crippen LogP contribution >= 0.6 is 12.4 Å². The number of carbonyl (C=O) groups is 1. The van der Waals surface area contributed by atoms with Gasteiger partial charge in [0, 0.05) is 25.2 Å². The monoisotopic (exact) mass is 298 g/mol. The van der Waals surface area contributed by atoms with Crippen molar-refractivity contribution >= 4 is 18.3 Å². The van der Waals surface area contributed by atoms with E-state index in [1.807, 2.05) is 35.2 Å². The Morgan fingerprint density at radius 1 is 1.35 bits per heavy atom. The number of hydrogen-bond acceptors (Lipinski definition) is 3. The van der Waals surface area contributed by atoms with E-state index in [4.69, 9.17) is 4.74 Å². The predicted molar refractivity (Wildman–Crippen MR) is 82.0 cm³/mol. The molecule has 1 saturated heterocycles. The van der Waals surface area contributed by atoms with Gasteiger partial charge in [-0.1, -0.05) is 30.3 Å². The summed E-state index contributed by atoms with van der Waals surface area (Å²) in [4.78, 5) is 14.0. The first-order chi connectivity index (χ1) is 9.18. The van der Waals surface area contributed by atoms with Gasteiger partial charge in [0.25, 0.3) is 0 Å². The molecule has 1 aliphatic heterocycles. The second kappa shape index (κ2) is 8.25. The number of benzene rings is 1. The van der Waals surface area contributed by atoms with Gasteiger partial charge in [0.2, 0.25) is 5.91 Å². The first-order valence-corrected chi connectivity index (χ1v) is 6.83. The maximum atomic E-state index is 12.1. The summed E-state index contributed by atoms with van der Waals surface area (Å²) in [6, 6.07) is 10.5. The minimum Gasteiger partial charge on any atom is -0.367 e. The average Bonchev–Trinajstić information content (AvgIpc) is 2.43. The van der Waals surface area contributed by atoms with Crippen molar-refractivity contribution < 1.29 is 9.53 Å². The summed E-state index contributed by atoms with van der Waals surface area (Å²) in [6.07, 6.45) is 0. The zero-order valence-electron chi connectivity index (χ0n) is 12.0. The summed E-state index contributed by atoms with van der Waals surface area (Å²) < 4.78 is 5.51. The molecule has 1 aliphatic rings. The van der Waals surface area contributed by atoms with Crippen molar-refractivity contribution in [2.75, 3.05) is 19.7 Å². The Morgan fingerprint density at radius 3 is 2.75 bits per heavy atom. The molecular weight excluding hydrogens is 276 g/mol. The van der Waals surface area contributed by atoms with Gasteiger partial charge in [0.1, 0.15) is 6.61 Å². The van der Waals surface area contributed by atoms with Crippen molar-refractivity contribution in [3.05, 3.63) is 35.9 Å². The highest BCUT2D eigenvalue weighted by Gasteiger charge is 2.27. The van der Waals surface area contributed by atoms with Gasteiger partial charge in [-0.3, -0.25) is 4.79 Å². The number of carbonyl (C=O) groups excluding carboxylic acids is 1. The number of hydrogen-bond donors (Lipinski definition) is 1. The second-order valence-corrected chi connectivity index (χ2v) is 5.05. The number of ether oxygens (including phenoxy) is 1. The zero-order valence-corrected chi connectivity index (χ0v) is 12.9. The highest BCUT2D eigenvalue weighted by atomic mass is 35.5. The molecule has 0 aromatic heterocycles. The van der Waals surface area contributed by atoms with Gasteiger partial charge in [-0.05, 0) is 19.4 Å². The Hall–Kier alpha value is -1.10. The maximum absolute atomic E-state index is 12.1. The second-order valence-electron chi connectivity index (χ2n) is 5.05. The fourth-order valence-corrected chi connectivity index (χ4v) is 2.32. The van der Waals surface area contributed by atoms with Crippen LogP contribution in [0.2, 0.25) is 0 Å². The van der Waals surface area contributed by atoms with E-state index in [2.05, 4.69) is 19.2 Å². The molecule has 2 atom stereocenters. The zero-order chi connectivity index (χ0) is 13.7. The van der Waals surface area contributed by atoms with Crippen LogP contribution in [0.1, 0.15) is 19.4 Å². The average molecular weight is 299 g/mol. The Bertz CT molecular complexity index is 414. The number of rotatable bonds is 4. The van der Waals surface area contributed by atoms with Gasteiger partial charge < -0.3 is 15.0 Å². The lowest BCUT2D eigenvalue weighted by molar-refractivity contribution is -0.140. The minimum absolute atomic E-state index is 0. The van der Waals surface area contributed by atoms with Crippen molar-refractivity contribution in [1.82, 2.24) is 10.2 Å². The first-order valence-electron chi connectivity index (χ1n) is 6.83. The molecule has 0 saturated carbocycles. The molecule has 5 heteroatoms. The number of piperazine rings is 1. The molecule has 20 heavy (non-hydrogen) atoms. The van der Waals surface area contributed by atoms with Gasteiger partial charge in [-0.2, -0.15) is 0 Å². The molecule has 1 fully saturated rings. The summed E-state index contributed by atoms with van der Waals surface area (Å²) in [5.41, 5.74) is 1.09. The van der Waals surface area contributed by atoms with E-state index in [1.165, 1.54) is 0 Å².